The topological polar surface area (TPSA) is 75.4 Å². The Morgan fingerprint density at radius 3 is 2.57 bits per heavy atom. The molecule has 1 aromatic rings. The predicted molar refractivity (Wildman–Crippen MR) is 82.6 cm³/mol. The molecule has 0 bridgehead atoms. The van der Waals surface area contributed by atoms with Crippen LogP contribution in [0.2, 0.25) is 0 Å². The fraction of sp³-hybridized carbons (Fsp3) is 0.500. The Morgan fingerprint density at radius 2 is 1.95 bits per heavy atom. The molecule has 2 rings (SSSR count). The first-order valence-electron chi connectivity index (χ1n) is 7.44. The van der Waals surface area contributed by atoms with Crippen molar-refractivity contribution in [1.29, 1.82) is 0 Å². The highest BCUT2D eigenvalue weighted by atomic mass is 16.2. The van der Waals surface area contributed by atoms with Crippen LogP contribution in [0.25, 0.3) is 0 Å². The number of hydrogen-bond donors (Lipinski definition) is 2. The fourth-order valence-corrected chi connectivity index (χ4v) is 2.72. The Bertz CT molecular complexity index is 508. The Kier molecular flexibility index (Phi) is 5.20. The van der Waals surface area contributed by atoms with E-state index in [2.05, 4.69) is 5.32 Å². The van der Waals surface area contributed by atoms with Gasteiger partial charge in [-0.1, -0.05) is 18.2 Å². The third kappa shape index (κ3) is 4.48. The minimum Gasteiger partial charge on any atom is -0.399 e. The maximum absolute atomic E-state index is 12.2. The number of carbonyl (C=O) groups excluding carboxylic acids is 2. The second-order valence-electron chi connectivity index (χ2n) is 5.55. The van der Waals surface area contributed by atoms with E-state index in [9.17, 15) is 9.59 Å². The van der Waals surface area contributed by atoms with E-state index in [1.165, 1.54) is 6.92 Å². The summed E-state index contributed by atoms with van der Waals surface area (Å²) in [5.41, 5.74) is 7.66. The van der Waals surface area contributed by atoms with Crippen LogP contribution < -0.4 is 11.1 Å². The molecule has 5 nitrogen and oxygen atoms in total. The van der Waals surface area contributed by atoms with E-state index in [1.807, 2.05) is 29.2 Å². The summed E-state index contributed by atoms with van der Waals surface area (Å²) in [6, 6.07) is 7.86. The molecule has 0 radical (unpaired) electrons. The van der Waals surface area contributed by atoms with Crippen LogP contribution in [0, 0.1) is 0 Å². The molecule has 0 saturated carbocycles. The highest BCUT2D eigenvalue weighted by Gasteiger charge is 2.22. The lowest BCUT2D eigenvalue weighted by Gasteiger charge is -2.32. The highest BCUT2D eigenvalue weighted by molar-refractivity contribution is 5.77. The molecule has 5 heteroatoms. The van der Waals surface area contributed by atoms with Gasteiger partial charge >= 0.3 is 0 Å². The van der Waals surface area contributed by atoms with Gasteiger partial charge < -0.3 is 16.0 Å². The smallest absolute Gasteiger partial charge is 0.222 e. The summed E-state index contributed by atoms with van der Waals surface area (Å²) in [6.07, 6.45) is 2.83. The van der Waals surface area contributed by atoms with Gasteiger partial charge in [-0.05, 0) is 30.9 Å². The fourth-order valence-electron chi connectivity index (χ4n) is 2.72. The van der Waals surface area contributed by atoms with Crippen molar-refractivity contribution in [2.24, 2.45) is 0 Å². The van der Waals surface area contributed by atoms with Crippen molar-refractivity contribution in [3.63, 3.8) is 0 Å². The second kappa shape index (κ2) is 7.11. The number of likely N-dealkylation sites (tertiary alicyclic amines) is 1. The number of hydrogen-bond acceptors (Lipinski definition) is 3. The molecule has 1 heterocycles. The third-order valence-electron chi connectivity index (χ3n) is 3.92. The van der Waals surface area contributed by atoms with Crippen LogP contribution in [0.1, 0.15) is 31.7 Å². The summed E-state index contributed by atoms with van der Waals surface area (Å²) < 4.78 is 0. The van der Waals surface area contributed by atoms with Crippen LogP contribution in [0.5, 0.6) is 0 Å². The van der Waals surface area contributed by atoms with Gasteiger partial charge in [0.2, 0.25) is 11.8 Å². The Morgan fingerprint density at radius 1 is 1.29 bits per heavy atom. The van der Waals surface area contributed by atoms with Crippen LogP contribution in [0.3, 0.4) is 0 Å². The van der Waals surface area contributed by atoms with Gasteiger partial charge in [0, 0.05) is 38.2 Å². The molecule has 114 valence electrons. The molecule has 1 aliphatic heterocycles. The van der Waals surface area contributed by atoms with Crippen LogP contribution in [0.15, 0.2) is 24.3 Å². The summed E-state index contributed by atoms with van der Waals surface area (Å²) >= 11 is 0. The molecule has 0 aromatic heterocycles. The van der Waals surface area contributed by atoms with Crippen molar-refractivity contribution in [3.8, 4) is 0 Å². The van der Waals surface area contributed by atoms with Crippen molar-refractivity contribution < 1.29 is 9.59 Å². The van der Waals surface area contributed by atoms with E-state index in [0.717, 1.165) is 24.1 Å². The number of nitrogens with zero attached hydrogens (tertiary/aromatic N) is 1. The van der Waals surface area contributed by atoms with Crippen molar-refractivity contribution in [2.75, 3.05) is 18.8 Å². The molecule has 1 aromatic carbocycles. The number of anilines is 1. The number of piperidine rings is 1. The van der Waals surface area contributed by atoms with E-state index in [4.69, 9.17) is 5.73 Å². The zero-order chi connectivity index (χ0) is 15.2. The molecule has 0 atom stereocenters. The SMILES string of the molecule is CC(=O)NC1CCN(C(=O)CCc2ccccc2N)CC1. The summed E-state index contributed by atoms with van der Waals surface area (Å²) in [5, 5.41) is 2.91. The molecule has 21 heavy (non-hydrogen) atoms. The number of nitrogens with two attached hydrogens (primary N) is 1. The van der Waals surface area contributed by atoms with Crippen LogP contribution in [0.4, 0.5) is 5.69 Å². The number of para-hydroxylation sites is 1. The number of nitrogens with one attached hydrogen (secondary N) is 1. The lowest BCUT2D eigenvalue weighted by Crippen LogP contribution is -2.46. The van der Waals surface area contributed by atoms with Gasteiger partial charge in [-0.25, -0.2) is 0 Å². The van der Waals surface area contributed by atoms with Crippen LogP contribution in [-0.4, -0.2) is 35.8 Å². The minimum atomic E-state index is -0.000621. The number of rotatable bonds is 4. The maximum atomic E-state index is 12.2. The number of amides is 2. The maximum Gasteiger partial charge on any atom is 0.222 e. The summed E-state index contributed by atoms with van der Waals surface area (Å²) in [6.45, 7) is 2.96. The minimum absolute atomic E-state index is 0.000621. The molecule has 0 spiro atoms. The molecule has 1 fully saturated rings. The highest BCUT2D eigenvalue weighted by Crippen LogP contribution is 2.15. The van der Waals surface area contributed by atoms with Crippen molar-refractivity contribution in [2.45, 2.75) is 38.6 Å². The van der Waals surface area contributed by atoms with Gasteiger partial charge in [0.25, 0.3) is 0 Å². The molecular formula is C16H23N3O2. The van der Waals surface area contributed by atoms with Crippen molar-refractivity contribution in [1.82, 2.24) is 10.2 Å². The van der Waals surface area contributed by atoms with E-state index >= 15 is 0 Å². The van der Waals surface area contributed by atoms with Gasteiger partial charge in [-0.3, -0.25) is 9.59 Å². The Labute approximate surface area is 125 Å². The predicted octanol–water partition coefficient (Wildman–Crippen LogP) is 1.33. The number of benzene rings is 1. The normalized spacial score (nSPS) is 15.8. The number of carbonyl (C=O) groups is 2. The number of nitrogen functional groups attached to an aromatic ring is 1. The first-order valence-corrected chi connectivity index (χ1v) is 7.44. The van der Waals surface area contributed by atoms with Gasteiger partial charge in [0.05, 0.1) is 0 Å². The van der Waals surface area contributed by atoms with E-state index in [-0.39, 0.29) is 17.9 Å². The summed E-state index contributed by atoms with van der Waals surface area (Å²) in [4.78, 5) is 25.1. The van der Waals surface area contributed by atoms with Gasteiger partial charge in [0.15, 0.2) is 0 Å². The zero-order valence-electron chi connectivity index (χ0n) is 12.5. The van der Waals surface area contributed by atoms with Gasteiger partial charge in [-0.2, -0.15) is 0 Å². The number of aryl methyl sites for hydroxylation is 1. The van der Waals surface area contributed by atoms with Gasteiger partial charge in [0.1, 0.15) is 0 Å². The first-order chi connectivity index (χ1) is 10.1. The van der Waals surface area contributed by atoms with Gasteiger partial charge in [-0.15, -0.1) is 0 Å². The third-order valence-corrected chi connectivity index (χ3v) is 3.92. The molecule has 2 amide bonds. The molecule has 1 aliphatic rings. The Balaban J connectivity index is 1.77. The summed E-state index contributed by atoms with van der Waals surface area (Å²) in [7, 11) is 0. The molecule has 3 N–H and O–H groups in total. The molecular weight excluding hydrogens is 266 g/mol. The van der Waals surface area contributed by atoms with E-state index in [0.29, 0.717) is 25.9 Å². The quantitative estimate of drug-likeness (QED) is 0.821. The second-order valence-corrected chi connectivity index (χ2v) is 5.55. The van der Waals surface area contributed by atoms with Crippen molar-refractivity contribution in [3.05, 3.63) is 29.8 Å². The largest absolute Gasteiger partial charge is 0.399 e. The molecule has 1 saturated heterocycles. The Hall–Kier alpha value is -2.04. The molecule has 0 unspecified atom stereocenters. The summed E-state index contributed by atoms with van der Waals surface area (Å²) in [5.74, 6) is 0.166. The van der Waals surface area contributed by atoms with Crippen LogP contribution >= 0.6 is 0 Å². The standard InChI is InChI=1S/C16H23N3O2/c1-12(20)18-14-8-10-19(11-9-14)16(21)7-6-13-4-2-3-5-15(13)17/h2-5,14H,6-11,17H2,1H3,(H,18,20). The average molecular weight is 289 g/mol. The lowest BCUT2D eigenvalue weighted by atomic mass is 10.0. The van der Waals surface area contributed by atoms with Crippen LogP contribution in [-0.2, 0) is 16.0 Å². The monoisotopic (exact) mass is 289 g/mol. The molecule has 0 aliphatic carbocycles. The van der Waals surface area contributed by atoms with Crippen molar-refractivity contribution >= 4 is 17.5 Å². The average Bonchev–Trinajstić information content (AvgIpc) is 2.46. The lowest BCUT2D eigenvalue weighted by molar-refractivity contribution is -0.132. The first kappa shape index (κ1) is 15.4. The zero-order valence-corrected chi connectivity index (χ0v) is 12.5. The van der Waals surface area contributed by atoms with E-state index < -0.39 is 0 Å². The van der Waals surface area contributed by atoms with E-state index in [1.54, 1.807) is 0 Å².